The molecular weight excluding hydrogens is 310 g/mol. The predicted octanol–water partition coefficient (Wildman–Crippen LogP) is 2.89. The van der Waals surface area contributed by atoms with E-state index in [0.717, 1.165) is 24.0 Å². The summed E-state index contributed by atoms with van der Waals surface area (Å²) in [5, 5.41) is 8.56. The summed E-state index contributed by atoms with van der Waals surface area (Å²) in [6.45, 7) is 4.79. The molecule has 0 aliphatic rings. The molecule has 2 rings (SSSR count). The van der Waals surface area contributed by atoms with Crippen molar-refractivity contribution in [1.29, 1.82) is 0 Å². The Balaban J connectivity index is 1.76. The first-order valence-electron chi connectivity index (χ1n) is 7.63. The van der Waals surface area contributed by atoms with Gasteiger partial charge in [0.15, 0.2) is 5.96 Å². The quantitative estimate of drug-likeness (QED) is 0.443. The third-order valence-electron chi connectivity index (χ3n) is 3.02. The molecule has 0 aliphatic carbocycles. The van der Waals surface area contributed by atoms with Gasteiger partial charge in [-0.1, -0.05) is 12.1 Å². The van der Waals surface area contributed by atoms with Crippen LogP contribution in [-0.4, -0.2) is 32.8 Å². The molecule has 0 atom stereocenters. The Labute approximate surface area is 141 Å². The number of nitrogens with one attached hydrogen (secondary N) is 2. The van der Waals surface area contributed by atoms with Crippen LogP contribution in [0, 0.1) is 0 Å². The predicted molar refractivity (Wildman–Crippen MR) is 95.6 cm³/mol. The number of hydrogen-bond acceptors (Lipinski definition) is 4. The summed E-state index contributed by atoms with van der Waals surface area (Å²) in [6.07, 6.45) is 0. The van der Waals surface area contributed by atoms with Crippen LogP contribution in [0.25, 0.3) is 0 Å². The number of methoxy groups -OCH3 is 1. The summed E-state index contributed by atoms with van der Waals surface area (Å²) in [4.78, 5) is 5.80. The molecular formula is C17H23N3O2S. The SMILES string of the molecule is CCNC(=NCc1cccs1)NCCOc1cccc(OC)c1. The van der Waals surface area contributed by atoms with Crippen molar-refractivity contribution < 1.29 is 9.47 Å². The summed E-state index contributed by atoms with van der Waals surface area (Å²) >= 11 is 1.71. The molecule has 0 unspecified atom stereocenters. The number of ether oxygens (including phenoxy) is 2. The maximum absolute atomic E-state index is 5.70. The van der Waals surface area contributed by atoms with E-state index in [-0.39, 0.29) is 0 Å². The minimum Gasteiger partial charge on any atom is -0.497 e. The van der Waals surface area contributed by atoms with Crippen LogP contribution < -0.4 is 20.1 Å². The molecule has 1 heterocycles. The fourth-order valence-corrected chi connectivity index (χ4v) is 2.56. The van der Waals surface area contributed by atoms with Crippen LogP contribution >= 0.6 is 11.3 Å². The van der Waals surface area contributed by atoms with Gasteiger partial charge in [0, 0.05) is 17.5 Å². The van der Waals surface area contributed by atoms with E-state index in [9.17, 15) is 0 Å². The van der Waals surface area contributed by atoms with Crippen molar-refractivity contribution in [2.24, 2.45) is 4.99 Å². The smallest absolute Gasteiger partial charge is 0.191 e. The Morgan fingerprint density at radius 1 is 1.17 bits per heavy atom. The van der Waals surface area contributed by atoms with Crippen LogP contribution in [0.4, 0.5) is 0 Å². The molecule has 0 spiro atoms. The Bertz CT molecular complexity index is 600. The molecule has 1 aromatic heterocycles. The van der Waals surface area contributed by atoms with Gasteiger partial charge in [0.1, 0.15) is 18.1 Å². The van der Waals surface area contributed by atoms with E-state index >= 15 is 0 Å². The second-order valence-corrected chi connectivity index (χ2v) is 5.76. The van der Waals surface area contributed by atoms with E-state index in [1.807, 2.05) is 30.3 Å². The minimum atomic E-state index is 0.552. The van der Waals surface area contributed by atoms with Gasteiger partial charge in [-0.05, 0) is 30.5 Å². The maximum Gasteiger partial charge on any atom is 0.191 e. The van der Waals surface area contributed by atoms with E-state index in [1.54, 1.807) is 18.4 Å². The Hall–Kier alpha value is -2.21. The molecule has 6 heteroatoms. The summed E-state index contributed by atoms with van der Waals surface area (Å²) in [7, 11) is 1.65. The Morgan fingerprint density at radius 3 is 2.78 bits per heavy atom. The lowest BCUT2D eigenvalue weighted by molar-refractivity contribution is 0.319. The summed E-state index contributed by atoms with van der Waals surface area (Å²) in [6, 6.07) is 11.7. The minimum absolute atomic E-state index is 0.552. The van der Waals surface area contributed by atoms with Gasteiger partial charge in [0.25, 0.3) is 0 Å². The average molecular weight is 333 g/mol. The highest BCUT2D eigenvalue weighted by Gasteiger charge is 1.99. The summed E-state index contributed by atoms with van der Waals surface area (Å²) in [5.41, 5.74) is 0. The van der Waals surface area contributed by atoms with Crippen LogP contribution in [0.2, 0.25) is 0 Å². The molecule has 1 aromatic carbocycles. The molecule has 0 saturated carbocycles. The molecule has 2 aromatic rings. The summed E-state index contributed by atoms with van der Waals surface area (Å²) in [5.74, 6) is 2.39. The molecule has 124 valence electrons. The normalized spacial score (nSPS) is 11.1. The first-order chi connectivity index (χ1) is 11.3. The van der Waals surface area contributed by atoms with Crippen LogP contribution in [0.5, 0.6) is 11.5 Å². The van der Waals surface area contributed by atoms with Crippen molar-refractivity contribution in [3.05, 3.63) is 46.7 Å². The molecule has 0 amide bonds. The van der Waals surface area contributed by atoms with E-state index < -0.39 is 0 Å². The number of thiophene rings is 1. The third kappa shape index (κ3) is 6.20. The molecule has 0 saturated heterocycles. The van der Waals surface area contributed by atoms with Crippen molar-refractivity contribution in [1.82, 2.24) is 10.6 Å². The van der Waals surface area contributed by atoms with Gasteiger partial charge in [-0.25, -0.2) is 4.99 Å². The number of rotatable bonds is 8. The second-order valence-electron chi connectivity index (χ2n) is 4.73. The highest BCUT2D eigenvalue weighted by Crippen LogP contribution is 2.18. The zero-order valence-electron chi connectivity index (χ0n) is 13.5. The number of aliphatic imine (C=N–C) groups is 1. The lowest BCUT2D eigenvalue weighted by Crippen LogP contribution is -2.39. The lowest BCUT2D eigenvalue weighted by atomic mass is 10.3. The average Bonchev–Trinajstić information content (AvgIpc) is 3.10. The molecule has 0 fully saturated rings. The van der Waals surface area contributed by atoms with Crippen LogP contribution in [-0.2, 0) is 6.54 Å². The Kier molecular flexibility index (Phi) is 7.26. The van der Waals surface area contributed by atoms with Crippen LogP contribution in [0.3, 0.4) is 0 Å². The molecule has 2 N–H and O–H groups in total. The van der Waals surface area contributed by atoms with Crippen LogP contribution in [0.15, 0.2) is 46.8 Å². The number of guanidine groups is 1. The second kappa shape index (κ2) is 9.74. The fourth-order valence-electron chi connectivity index (χ4n) is 1.93. The van der Waals surface area contributed by atoms with Gasteiger partial charge in [-0.2, -0.15) is 0 Å². The fraction of sp³-hybridized carbons (Fsp3) is 0.353. The Morgan fingerprint density at radius 2 is 2.04 bits per heavy atom. The molecule has 0 aliphatic heterocycles. The van der Waals surface area contributed by atoms with E-state index in [2.05, 4.69) is 34.0 Å². The number of nitrogens with zero attached hydrogens (tertiary/aromatic N) is 1. The molecule has 23 heavy (non-hydrogen) atoms. The zero-order valence-corrected chi connectivity index (χ0v) is 14.4. The third-order valence-corrected chi connectivity index (χ3v) is 3.88. The zero-order chi connectivity index (χ0) is 16.3. The maximum atomic E-state index is 5.70. The molecule has 5 nitrogen and oxygen atoms in total. The standard InChI is InChI=1S/C17H23N3O2S/c1-3-18-17(20-13-16-8-5-11-23-16)19-9-10-22-15-7-4-6-14(12-15)21-2/h4-8,11-12H,3,9-10,13H2,1-2H3,(H2,18,19,20). The van der Waals surface area contributed by atoms with Gasteiger partial charge >= 0.3 is 0 Å². The molecule has 0 radical (unpaired) electrons. The number of hydrogen-bond donors (Lipinski definition) is 2. The summed E-state index contributed by atoms with van der Waals surface area (Å²) < 4.78 is 10.9. The van der Waals surface area contributed by atoms with Crippen molar-refractivity contribution in [3.63, 3.8) is 0 Å². The molecule has 0 bridgehead atoms. The van der Waals surface area contributed by atoms with Crippen molar-refractivity contribution in [2.45, 2.75) is 13.5 Å². The van der Waals surface area contributed by atoms with Crippen molar-refractivity contribution in [2.75, 3.05) is 26.8 Å². The topological polar surface area (TPSA) is 54.9 Å². The van der Waals surface area contributed by atoms with Gasteiger partial charge < -0.3 is 20.1 Å². The largest absolute Gasteiger partial charge is 0.497 e. The van der Waals surface area contributed by atoms with Gasteiger partial charge in [-0.3, -0.25) is 0 Å². The highest BCUT2D eigenvalue weighted by molar-refractivity contribution is 7.09. The monoisotopic (exact) mass is 333 g/mol. The van der Waals surface area contributed by atoms with E-state index in [4.69, 9.17) is 9.47 Å². The van der Waals surface area contributed by atoms with Crippen molar-refractivity contribution >= 4 is 17.3 Å². The van der Waals surface area contributed by atoms with Crippen LogP contribution in [0.1, 0.15) is 11.8 Å². The van der Waals surface area contributed by atoms with Crippen molar-refractivity contribution in [3.8, 4) is 11.5 Å². The van der Waals surface area contributed by atoms with Gasteiger partial charge in [0.2, 0.25) is 0 Å². The van der Waals surface area contributed by atoms with Gasteiger partial charge in [-0.15, -0.1) is 11.3 Å². The highest BCUT2D eigenvalue weighted by atomic mass is 32.1. The lowest BCUT2D eigenvalue weighted by Gasteiger charge is -2.12. The van der Waals surface area contributed by atoms with E-state index in [0.29, 0.717) is 19.7 Å². The first kappa shape index (κ1) is 17.1. The number of benzene rings is 1. The first-order valence-corrected chi connectivity index (χ1v) is 8.51. The van der Waals surface area contributed by atoms with E-state index in [1.165, 1.54) is 4.88 Å². The van der Waals surface area contributed by atoms with Gasteiger partial charge in [0.05, 0.1) is 20.2 Å².